The standard InChI is InChI=1S/C15H14Br2Cl2N4/c1-23(14-11(17)3-2-4-12(14)18)15(20)22-8-21-9-5-6-10(16)13(19)7-9/h2-7,21H,8H2,1H3,(H2,20,22). The molecule has 0 unspecified atom stereocenters. The van der Waals surface area contributed by atoms with Crippen molar-refractivity contribution in [2.45, 2.75) is 0 Å². The van der Waals surface area contributed by atoms with E-state index in [0.29, 0.717) is 22.7 Å². The van der Waals surface area contributed by atoms with E-state index in [9.17, 15) is 0 Å². The molecule has 0 aliphatic rings. The van der Waals surface area contributed by atoms with E-state index in [2.05, 4.69) is 42.2 Å². The Morgan fingerprint density at radius 1 is 1.17 bits per heavy atom. The molecule has 0 aliphatic carbocycles. The van der Waals surface area contributed by atoms with Gasteiger partial charge >= 0.3 is 0 Å². The predicted octanol–water partition coefficient (Wildman–Crippen LogP) is 5.34. The highest BCUT2D eigenvalue weighted by Crippen LogP contribution is 2.32. The molecule has 2 aromatic carbocycles. The lowest BCUT2D eigenvalue weighted by Gasteiger charge is -2.21. The molecule has 0 saturated carbocycles. The summed E-state index contributed by atoms with van der Waals surface area (Å²) in [5.41, 5.74) is 7.65. The van der Waals surface area contributed by atoms with Crippen molar-refractivity contribution in [2.75, 3.05) is 23.9 Å². The molecular weight excluding hydrogens is 467 g/mol. The molecule has 8 heteroatoms. The van der Waals surface area contributed by atoms with E-state index in [4.69, 9.17) is 28.9 Å². The maximum atomic E-state index is 6.21. The van der Waals surface area contributed by atoms with Gasteiger partial charge in [0.25, 0.3) is 0 Å². The Morgan fingerprint density at radius 2 is 1.91 bits per heavy atom. The number of guanidine groups is 1. The average Bonchev–Trinajstić information content (AvgIpc) is 2.50. The second-order valence-electron chi connectivity index (χ2n) is 4.61. The molecule has 0 heterocycles. The minimum Gasteiger partial charge on any atom is -0.369 e. The van der Waals surface area contributed by atoms with Gasteiger partial charge in [-0.05, 0) is 62.2 Å². The van der Waals surface area contributed by atoms with Gasteiger partial charge in [0.1, 0.15) is 6.67 Å². The first-order valence-electron chi connectivity index (χ1n) is 6.56. The van der Waals surface area contributed by atoms with Crippen LogP contribution in [0.2, 0.25) is 10.0 Å². The molecule has 0 atom stereocenters. The van der Waals surface area contributed by atoms with Crippen LogP contribution in [0.1, 0.15) is 0 Å². The summed E-state index contributed by atoms with van der Waals surface area (Å²) < 4.78 is 1.69. The van der Waals surface area contributed by atoms with Crippen molar-refractivity contribution < 1.29 is 0 Å². The maximum Gasteiger partial charge on any atom is 0.197 e. The fraction of sp³-hybridized carbons (Fsp3) is 0.133. The molecule has 2 rings (SSSR count). The number of nitrogens with one attached hydrogen (secondary N) is 1. The first-order valence-corrected chi connectivity index (χ1v) is 8.91. The first kappa shape index (κ1) is 18.4. The van der Waals surface area contributed by atoms with Crippen LogP contribution in [0, 0.1) is 0 Å². The van der Waals surface area contributed by atoms with Crippen molar-refractivity contribution in [1.29, 1.82) is 0 Å². The Balaban J connectivity index is 2.06. The molecule has 2 aromatic rings. The van der Waals surface area contributed by atoms with Crippen LogP contribution >= 0.6 is 55.1 Å². The highest BCUT2D eigenvalue weighted by atomic mass is 79.9. The molecule has 0 aromatic heterocycles. The lowest BCUT2D eigenvalue weighted by Crippen LogP contribution is -2.35. The van der Waals surface area contributed by atoms with Crippen LogP contribution in [0.5, 0.6) is 0 Å². The second-order valence-corrected chi connectivity index (χ2v) is 7.13. The summed E-state index contributed by atoms with van der Waals surface area (Å²) in [6, 6.07) is 11.1. The maximum absolute atomic E-state index is 6.21. The smallest absolute Gasteiger partial charge is 0.197 e. The van der Waals surface area contributed by atoms with E-state index in [-0.39, 0.29) is 0 Å². The van der Waals surface area contributed by atoms with Crippen molar-refractivity contribution in [3.8, 4) is 0 Å². The molecular formula is C15H14Br2Cl2N4. The number of hydrogen-bond donors (Lipinski definition) is 2. The number of benzene rings is 2. The van der Waals surface area contributed by atoms with Crippen molar-refractivity contribution >= 4 is 72.4 Å². The quantitative estimate of drug-likeness (QED) is 0.459. The summed E-state index contributed by atoms with van der Waals surface area (Å²) in [4.78, 5) is 6.03. The zero-order valence-corrected chi connectivity index (χ0v) is 16.8. The third kappa shape index (κ3) is 4.76. The van der Waals surface area contributed by atoms with Crippen molar-refractivity contribution in [2.24, 2.45) is 10.7 Å². The molecule has 23 heavy (non-hydrogen) atoms. The lowest BCUT2D eigenvalue weighted by atomic mass is 10.3. The van der Waals surface area contributed by atoms with Gasteiger partial charge in [-0.15, -0.1) is 0 Å². The Morgan fingerprint density at radius 3 is 2.57 bits per heavy atom. The topological polar surface area (TPSA) is 53.6 Å². The number of hydrogen-bond acceptors (Lipinski definition) is 2. The van der Waals surface area contributed by atoms with Gasteiger partial charge in [0.2, 0.25) is 0 Å². The number of anilines is 2. The predicted molar refractivity (Wildman–Crippen MR) is 107 cm³/mol. The van der Waals surface area contributed by atoms with Crippen molar-refractivity contribution in [3.05, 3.63) is 55.4 Å². The van der Waals surface area contributed by atoms with Crippen LogP contribution in [-0.2, 0) is 0 Å². The van der Waals surface area contributed by atoms with Crippen molar-refractivity contribution in [3.63, 3.8) is 0 Å². The minimum absolute atomic E-state index is 0.316. The molecule has 0 saturated heterocycles. The molecule has 0 spiro atoms. The summed E-state index contributed by atoms with van der Waals surface area (Å²) in [6.07, 6.45) is 0. The lowest BCUT2D eigenvalue weighted by molar-refractivity contribution is 1.09. The number of rotatable bonds is 4. The molecule has 0 radical (unpaired) electrons. The van der Waals surface area contributed by atoms with Gasteiger partial charge in [-0.1, -0.05) is 29.3 Å². The molecule has 122 valence electrons. The van der Waals surface area contributed by atoms with E-state index < -0.39 is 0 Å². The van der Waals surface area contributed by atoms with Crippen LogP contribution in [0.3, 0.4) is 0 Å². The SMILES string of the molecule is CN(C(N)=NCNc1ccc(Br)c(Cl)c1)c1c(Cl)cccc1Br. The molecule has 0 amide bonds. The summed E-state index contributed by atoms with van der Waals surface area (Å²) in [5.74, 6) is 0.342. The molecule has 0 bridgehead atoms. The highest BCUT2D eigenvalue weighted by molar-refractivity contribution is 9.11. The zero-order chi connectivity index (χ0) is 17.0. The third-order valence-electron chi connectivity index (χ3n) is 3.06. The Labute approximate surface area is 161 Å². The van der Waals surface area contributed by atoms with E-state index in [1.165, 1.54) is 0 Å². The van der Waals surface area contributed by atoms with Gasteiger partial charge in [0.05, 0.1) is 15.7 Å². The third-order valence-corrected chi connectivity index (χ3v) is 5.24. The number of aliphatic imine (C=N–C) groups is 1. The normalized spacial score (nSPS) is 11.4. The Bertz CT molecular complexity index is 717. The second kappa shape index (κ2) is 8.24. The zero-order valence-electron chi connectivity index (χ0n) is 12.2. The first-order chi connectivity index (χ1) is 10.9. The van der Waals surface area contributed by atoms with Crippen LogP contribution in [0.25, 0.3) is 0 Å². The number of nitrogens with zero attached hydrogens (tertiary/aromatic N) is 2. The van der Waals surface area contributed by atoms with Crippen LogP contribution in [0.15, 0.2) is 50.3 Å². The van der Waals surface area contributed by atoms with E-state index >= 15 is 0 Å². The monoisotopic (exact) mass is 478 g/mol. The minimum atomic E-state index is 0.316. The molecule has 3 N–H and O–H groups in total. The summed E-state index contributed by atoms with van der Waals surface area (Å²) in [7, 11) is 1.81. The highest BCUT2D eigenvalue weighted by Gasteiger charge is 2.12. The largest absolute Gasteiger partial charge is 0.369 e. The van der Waals surface area contributed by atoms with Gasteiger partial charge in [0.15, 0.2) is 5.96 Å². The molecule has 0 aliphatic heterocycles. The summed E-state index contributed by atoms with van der Waals surface area (Å²) in [5, 5.41) is 4.35. The van der Waals surface area contributed by atoms with Crippen LogP contribution in [-0.4, -0.2) is 19.7 Å². The van der Waals surface area contributed by atoms with Gasteiger partial charge in [-0.2, -0.15) is 0 Å². The summed E-state index contributed by atoms with van der Waals surface area (Å²) in [6.45, 7) is 0.316. The average molecular weight is 481 g/mol. The van der Waals surface area contributed by atoms with Gasteiger partial charge < -0.3 is 16.0 Å². The van der Waals surface area contributed by atoms with Crippen molar-refractivity contribution in [1.82, 2.24) is 0 Å². The van der Waals surface area contributed by atoms with Crippen LogP contribution in [0.4, 0.5) is 11.4 Å². The number of nitrogens with two attached hydrogens (primary N) is 1. The van der Waals surface area contributed by atoms with E-state index in [1.807, 2.05) is 30.3 Å². The van der Waals surface area contributed by atoms with Gasteiger partial charge in [0, 0.05) is 21.7 Å². The summed E-state index contributed by atoms with van der Waals surface area (Å²) >= 11 is 19.1. The molecule has 4 nitrogen and oxygen atoms in total. The Hall–Kier alpha value is -0.950. The van der Waals surface area contributed by atoms with Crippen LogP contribution < -0.4 is 16.0 Å². The number of halogens is 4. The van der Waals surface area contributed by atoms with Gasteiger partial charge in [-0.3, -0.25) is 0 Å². The Kier molecular flexibility index (Phi) is 6.59. The van der Waals surface area contributed by atoms with E-state index in [0.717, 1.165) is 20.3 Å². The molecule has 0 fully saturated rings. The van der Waals surface area contributed by atoms with E-state index in [1.54, 1.807) is 18.0 Å². The fourth-order valence-electron chi connectivity index (χ4n) is 1.85. The number of para-hydroxylation sites is 1. The fourth-order valence-corrected chi connectivity index (χ4v) is 3.32. The van der Waals surface area contributed by atoms with Gasteiger partial charge in [-0.25, -0.2) is 4.99 Å².